The number of amides is 1. The molecule has 3 heteroatoms. The van der Waals surface area contributed by atoms with Crippen molar-refractivity contribution >= 4 is 11.6 Å². The van der Waals surface area contributed by atoms with Crippen LogP contribution in [-0.2, 0) is 4.79 Å². The van der Waals surface area contributed by atoms with Gasteiger partial charge in [-0.15, -0.1) is 0 Å². The van der Waals surface area contributed by atoms with Crippen LogP contribution in [0.5, 0.6) is 0 Å². The molecule has 0 spiro atoms. The lowest BCUT2D eigenvalue weighted by Gasteiger charge is -2.20. The van der Waals surface area contributed by atoms with Crippen LogP contribution in [0.4, 0.5) is 5.69 Å². The smallest absolute Gasteiger partial charge is 0.239 e. The Morgan fingerprint density at radius 3 is 2.15 bits per heavy atom. The van der Waals surface area contributed by atoms with Crippen LogP contribution in [0.3, 0.4) is 0 Å². The van der Waals surface area contributed by atoms with E-state index < -0.39 is 0 Å². The fraction of sp³-hybridized carbons (Fsp3) is 0.588. The minimum Gasteiger partial charge on any atom is -0.376 e. The normalized spacial score (nSPS) is 14.7. The molecular weight excluding hydrogens is 248 g/mol. The molecule has 1 aliphatic rings. The van der Waals surface area contributed by atoms with Crippen LogP contribution in [0.1, 0.15) is 63.5 Å². The molecule has 2 rings (SSSR count). The number of nitrogens with one attached hydrogen (secondary N) is 2. The molecule has 1 amide bonds. The van der Waals surface area contributed by atoms with Crippen LogP contribution in [0.2, 0.25) is 0 Å². The van der Waals surface area contributed by atoms with Gasteiger partial charge in [-0.25, -0.2) is 0 Å². The highest BCUT2D eigenvalue weighted by atomic mass is 16.2. The third kappa shape index (κ3) is 3.75. The summed E-state index contributed by atoms with van der Waals surface area (Å²) in [6, 6.07) is 6.84. The van der Waals surface area contributed by atoms with Crippen molar-refractivity contribution in [2.45, 2.75) is 58.4 Å². The summed E-state index contributed by atoms with van der Waals surface area (Å²) in [5.41, 5.74) is 3.72. The third-order valence-electron chi connectivity index (χ3n) is 3.74. The number of carbonyl (C=O) groups is 1. The van der Waals surface area contributed by atoms with Crippen LogP contribution in [-0.4, -0.2) is 18.5 Å². The zero-order valence-corrected chi connectivity index (χ0v) is 13.0. The second kappa shape index (κ2) is 6.29. The van der Waals surface area contributed by atoms with E-state index in [0.29, 0.717) is 24.4 Å². The summed E-state index contributed by atoms with van der Waals surface area (Å²) in [4.78, 5) is 11.9. The van der Waals surface area contributed by atoms with Gasteiger partial charge in [0.15, 0.2) is 0 Å². The van der Waals surface area contributed by atoms with Crippen molar-refractivity contribution in [3.8, 4) is 0 Å². The van der Waals surface area contributed by atoms with Gasteiger partial charge in [0.25, 0.3) is 0 Å². The summed E-state index contributed by atoms with van der Waals surface area (Å²) >= 11 is 0. The third-order valence-corrected chi connectivity index (χ3v) is 3.74. The first-order valence-corrected chi connectivity index (χ1v) is 7.65. The molecule has 1 aromatic carbocycles. The van der Waals surface area contributed by atoms with Gasteiger partial charge in [-0.05, 0) is 35.8 Å². The number of rotatable bonds is 6. The maximum Gasteiger partial charge on any atom is 0.239 e. The van der Waals surface area contributed by atoms with Crippen molar-refractivity contribution in [2.24, 2.45) is 0 Å². The quantitative estimate of drug-likeness (QED) is 0.832. The molecule has 0 heterocycles. The number of hydrogen-bond donors (Lipinski definition) is 2. The zero-order valence-electron chi connectivity index (χ0n) is 13.0. The highest BCUT2D eigenvalue weighted by Crippen LogP contribution is 2.32. The van der Waals surface area contributed by atoms with Gasteiger partial charge in [-0.3, -0.25) is 4.79 Å². The molecular formula is C17H26N2O. The van der Waals surface area contributed by atoms with E-state index in [0.717, 1.165) is 18.5 Å². The van der Waals surface area contributed by atoms with Crippen LogP contribution < -0.4 is 10.6 Å². The highest BCUT2D eigenvalue weighted by molar-refractivity contribution is 5.82. The topological polar surface area (TPSA) is 41.1 Å². The summed E-state index contributed by atoms with van der Waals surface area (Å²) in [6.45, 7) is 9.12. The maximum absolute atomic E-state index is 11.9. The van der Waals surface area contributed by atoms with Crippen LogP contribution in [0.25, 0.3) is 0 Å². The molecule has 0 unspecified atom stereocenters. The van der Waals surface area contributed by atoms with Gasteiger partial charge in [0.2, 0.25) is 5.91 Å². The van der Waals surface area contributed by atoms with Crippen molar-refractivity contribution < 1.29 is 4.79 Å². The summed E-state index contributed by atoms with van der Waals surface area (Å²) in [7, 11) is 0. The predicted molar refractivity (Wildman–Crippen MR) is 84.3 cm³/mol. The molecule has 0 radical (unpaired) electrons. The number of hydrogen-bond acceptors (Lipinski definition) is 2. The SMILES string of the molecule is CC(C)c1cccc(C(C)C)c1NCC(=O)NC1CC1. The Morgan fingerprint density at radius 1 is 1.15 bits per heavy atom. The minimum absolute atomic E-state index is 0.0979. The van der Waals surface area contributed by atoms with Crippen LogP contribution in [0, 0.1) is 0 Å². The second-order valence-electron chi connectivity index (χ2n) is 6.32. The fourth-order valence-electron chi connectivity index (χ4n) is 2.43. The fourth-order valence-corrected chi connectivity index (χ4v) is 2.43. The molecule has 3 nitrogen and oxygen atoms in total. The first-order valence-electron chi connectivity index (χ1n) is 7.65. The lowest BCUT2D eigenvalue weighted by atomic mass is 9.92. The van der Waals surface area contributed by atoms with Crippen molar-refractivity contribution in [3.63, 3.8) is 0 Å². The van der Waals surface area contributed by atoms with Gasteiger partial charge in [-0.1, -0.05) is 45.9 Å². The van der Waals surface area contributed by atoms with Crippen molar-refractivity contribution in [3.05, 3.63) is 29.3 Å². The first kappa shape index (κ1) is 14.9. The standard InChI is InChI=1S/C17H26N2O/c1-11(2)14-6-5-7-15(12(3)4)17(14)18-10-16(20)19-13-8-9-13/h5-7,11-13,18H,8-10H2,1-4H3,(H,19,20). The van der Waals surface area contributed by atoms with Crippen molar-refractivity contribution in [1.29, 1.82) is 0 Å². The van der Waals surface area contributed by atoms with Gasteiger partial charge in [0, 0.05) is 11.7 Å². The van der Waals surface area contributed by atoms with E-state index in [4.69, 9.17) is 0 Å². The lowest BCUT2D eigenvalue weighted by Crippen LogP contribution is -2.31. The average molecular weight is 274 g/mol. The van der Waals surface area contributed by atoms with Gasteiger partial charge in [-0.2, -0.15) is 0 Å². The Bertz CT molecular complexity index is 450. The first-order chi connectivity index (χ1) is 9.49. The van der Waals surface area contributed by atoms with Gasteiger partial charge in [0.1, 0.15) is 0 Å². The number of carbonyl (C=O) groups excluding carboxylic acids is 1. The molecule has 20 heavy (non-hydrogen) atoms. The molecule has 1 aromatic rings. The van der Waals surface area contributed by atoms with Gasteiger partial charge < -0.3 is 10.6 Å². The van der Waals surface area contributed by atoms with E-state index in [1.165, 1.54) is 11.1 Å². The summed E-state index contributed by atoms with van der Waals surface area (Å²) in [5, 5.41) is 6.39. The summed E-state index contributed by atoms with van der Waals surface area (Å²) < 4.78 is 0. The highest BCUT2D eigenvalue weighted by Gasteiger charge is 2.23. The molecule has 0 aromatic heterocycles. The van der Waals surface area contributed by atoms with Gasteiger partial charge in [0.05, 0.1) is 6.54 Å². The Kier molecular flexibility index (Phi) is 4.69. The molecule has 110 valence electrons. The summed E-state index contributed by atoms with van der Waals surface area (Å²) in [6.07, 6.45) is 2.26. The lowest BCUT2D eigenvalue weighted by molar-refractivity contribution is -0.119. The zero-order chi connectivity index (χ0) is 14.7. The Hall–Kier alpha value is -1.51. The van der Waals surface area contributed by atoms with Gasteiger partial charge >= 0.3 is 0 Å². The van der Waals surface area contributed by atoms with Crippen LogP contribution in [0.15, 0.2) is 18.2 Å². The molecule has 0 saturated heterocycles. The Morgan fingerprint density at radius 2 is 1.70 bits per heavy atom. The average Bonchev–Trinajstić information content (AvgIpc) is 3.19. The molecule has 2 N–H and O–H groups in total. The Balaban J connectivity index is 2.12. The van der Waals surface area contributed by atoms with Crippen molar-refractivity contribution in [1.82, 2.24) is 5.32 Å². The number of anilines is 1. The van der Waals surface area contributed by atoms with Crippen molar-refractivity contribution in [2.75, 3.05) is 11.9 Å². The van der Waals surface area contributed by atoms with E-state index in [2.05, 4.69) is 56.5 Å². The van der Waals surface area contributed by atoms with E-state index in [-0.39, 0.29) is 5.91 Å². The molecule has 1 aliphatic carbocycles. The minimum atomic E-state index is 0.0979. The number of para-hydroxylation sites is 1. The van der Waals surface area contributed by atoms with E-state index in [1.807, 2.05) is 0 Å². The van der Waals surface area contributed by atoms with Crippen LogP contribution >= 0.6 is 0 Å². The molecule has 1 saturated carbocycles. The second-order valence-corrected chi connectivity index (χ2v) is 6.32. The predicted octanol–water partition coefficient (Wildman–Crippen LogP) is 3.62. The number of benzene rings is 1. The molecule has 0 aliphatic heterocycles. The van der Waals surface area contributed by atoms with E-state index in [9.17, 15) is 4.79 Å². The molecule has 0 atom stereocenters. The molecule has 0 bridgehead atoms. The maximum atomic E-state index is 11.9. The largest absolute Gasteiger partial charge is 0.376 e. The monoisotopic (exact) mass is 274 g/mol. The Labute approximate surface area is 122 Å². The van der Waals surface area contributed by atoms with E-state index in [1.54, 1.807) is 0 Å². The molecule has 1 fully saturated rings. The summed E-state index contributed by atoms with van der Waals surface area (Å²) in [5.74, 6) is 0.992. The van der Waals surface area contributed by atoms with E-state index >= 15 is 0 Å².